The Kier molecular flexibility index (Phi) is 5.40. The molecule has 0 atom stereocenters. The molecule has 0 bridgehead atoms. The topological polar surface area (TPSA) is 160 Å². The van der Waals surface area contributed by atoms with E-state index in [0.29, 0.717) is 0 Å². The van der Waals surface area contributed by atoms with E-state index in [2.05, 4.69) is 25.8 Å². The van der Waals surface area contributed by atoms with Crippen molar-refractivity contribution in [2.24, 2.45) is 5.10 Å². The number of amides is 1. The SMILES string of the molecule is Cc1cc(C(F)(F)F)nn1Cc1noc(C(=O)NN=Cc2cc3c(cc2[N+](=O)[O-])OCO3)n1. The molecule has 33 heavy (non-hydrogen) atoms. The second kappa shape index (κ2) is 8.21. The molecule has 16 heteroatoms. The summed E-state index contributed by atoms with van der Waals surface area (Å²) in [5, 5.41) is 21.8. The van der Waals surface area contributed by atoms with Gasteiger partial charge in [-0.3, -0.25) is 19.6 Å². The van der Waals surface area contributed by atoms with Crippen LogP contribution in [0.25, 0.3) is 0 Å². The Morgan fingerprint density at radius 2 is 2.06 bits per heavy atom. The number of nitrogens with one attached hydrogen (secondary N) is 1. The number of nitro groups is 1. The highest BCUT2D eigenvalue weighted by atomic mass is 19.4. The molecule has 0 saturated heterocycles. The summed E-state index contributed by atoms with van der Waals surface area (Å²) < 4.78 is 54.3. The molecule has 4 rings (SSSR count). The highest BCUT2D eigenvalue weighted by Gasteiger charge is 2.34. The van der Waals surface area contributed by atoms with Crippen molar-refractivity contribution < 1.29 is 36.9 Å². The van der Waals surface area contributed by atoms with E-state index in [1.165, 1.54) is 13.0 Å². The lowest BCUT2D eigenvalue weighted by Gasteiger charge is -2.01. The predicted octanol–water partition coefficient (Wildman–Crippen LogP) is 2.04. The van der Waals surface area contributed by atoms with Crippen LogP contribution in [0.15, 0.2) is 27.8 Å². The largest absolute Gasteiger partial charge is 0.454 e. The van der Waals surface area contributed by atoms with Crippen molar-refractivity contribution >= 4 is 17.8 Å². The molecule has 0 aliphatic carbocycles. The molecule has 1 N–H and O–H groups in total. The lowest BCUT2D eigenvalue weighted by atomic mass is 10.1. The van der Waals surface area contributed by atoms with Crippen molar-refractivity contribution in [3.63, 3.8) is 0 Å². The van der Waals surface area contributed by atoms with Crippen LogP contribution in [0, 0.1) is 17.0 Å². The molecule has 1 aromatic carbocycles. The Morgan fingerprint density at radius 3 is 2.73 bits per heavy atom. The van der Waals surface area contributed by atoms with Crippen LogP contribution in [-0.2, 0) is 12.7 Å². The average Bonchev–Trinajstić information content (AvgIpc) is 3.47. The zero-order chi connectivity index (χ0) is 23.8. The summed E-state index contributed by atoms with van der Waals surface area (Å²) in [5.41, 5.74) is 0.893. The lowest BCUT2D eigenvalue weighted by molar-refractivity contribution is -0.385. The number of rotatable bonds is 6. The number of aryl methyl sites for hydroxylation is 1. The van der Waals surface area contributed by atoms with Crippen molar-refractivity contribution in [1.29, 1.82) is 0 Å². The van der Waals surface area contributed by atoms with E-state index < -0.39 is 28.6 Å². The molecule has 0 unspecified atom stereocenters. The van der Waals surface area contributed by atoms with Crippen LogP contribution in [-0.4, -0.2) is 43.8 Å². The second-order valence-electron chi connectivity index (χ2n) is 6.56. The molecule has 1 amide bonds. The molecule has 0 spiro atoms. The Balaban J connectivity index is 1.43. The smallest absolute Gasteiger partial charge is 0.435 e. The standard InChI is InChI=1S/C17H12F3N7O6/c1-8-2-13(17(18,19)20)24-26(8)6-14-22-16(33-25-14)15(28)23-21-5-9-3-11-12(32-7-31-11)4-10(9)27(29)30/h2-5H,6-7H2,1H3,(H,23,28). The molecular weight excluding hydrogens is 455 g/mol. The number of carbonyl (C=O) groups excluding carboxylic acids is 1. The summed E-state index contributed by atoms with van der Waals surface area (Å²) in [4.78, 5) is 26.5. The van der Waals surface area contributed by atoms with Gasteiger partial charge in [-0.05, 0) is 19.1 Å². The number of ether oxygens (including phenoxy) is 2. The van der Waals surface area contributed by atoms with Crippen molar-refractivity contribution in [3.8, 4) is 11.5 Å². The van der Waals surface area contributed by atoms with Gasteiger partial charge in [-0.25, -0.2) is 5.43 Å². The number of halogens is 3. The molecule has 0 fully saturated rings. The minimum Gasteiger partial charge on any atom is -0.454 e. The maximum absolute atomic E-state index is 12.8. The number of alkyl halides is 3. The minimum atomic E-state index is -4.61. The van der Waals surface area contributed by atoms with Gasteiger partial charge in [-0.1, -0.05) is 5.16 Å². The van der Waals surface area contributed by atoms with E-state index in [0.717, 1.165) is 23.0 Å². The van der Waals surface area contributed by atoms with Gasteiger partial charge in [0.1, 0.15) is 6.54 Å². The van der Waals surface area contributed by atoms with Gasteiger partial charge in [0.25, 0.3) is 5.69 Å². The van der Waals surface area contributed by atoms with Crippen LogP contribution < -0.4 is 14.9 Å². The van der Waals surface area contributed by atoms with E-state index >= 15 is 0 Å². The zero-order valence-electron chi connectivity index (χ0n) is 16.5. The molecule has 172 valence electrons. The summed E-state index contributed by atoms with van der Waals surface area (Å²) in [6.45, 7) is 1.06. The Labute approximate surface area is 180 Å². The van der Waals surface area contributed by atoms with Crippen LogP contribution in [0.3, 0.4) is 0 Å². The van der Waals surface area contributed by atoms with Gasteiger partial charge >= 0.3 is 18.0 Å². The third kappa shape index (κ3) is 4.58. The summed E-state index contributed by atoms with van der Waals surface area (Å²) in [7, 11) is 0. The average molecular weight is 467 g/mol. The van der Waals surface area contributed by atoms with Crippen molar-refractivity contribution in [2.45, 2.75) is 19.6 Å². The van der Waals surface area contributed by atoms with Crippen molar-refractivity contribution in [2.75, 3.05) is 6.79 Å². The zero-order valence-corrected chi connectivity index (χ0v) is 16.5. The van der Waals surface area contributed by atoms with Gasteiger partial charge in [0.2, 0.25) is 6.79 Å². The van der Waals surface area contributed by atoms with Crippen LogP contribution in [0.4, 0.5) is 18.9 Å². The van der Waals surface area contributed by atoms with Crippen LogP contribution in [0.2, 0.25) is 0 Å². The van der Waals surface area contributed by atoms with Crippen LogP contribution in [0.5, 0.6) is 11.5 Å². The molecular formula is C17H12F3N7O6. The van der Waals surface area contributed by atoms with Crippen molar-refractivity contribution in [3.05, 3.63) is 57.0 Å². The van der Waals surface area contributed by atoms with E-state index in [1.54, 1.807) is 0 Å². The van der Waals surface area contributed by atoms with E-state index in [9.17, 15) is 28.1 Å². The van der Waals surface area contributed by atoms with E-state index in [1.807, 2.05) is 0 Å². The molecule has 0 saturated carbocycles. The predicted molar refractivity (Wildman–Crippen MR) is 99.6 cm³/mol. The fourth-order valence-corrected chi connectivity index (χ4v) is 2.77. The normalized spacial score (nSPS) is 13.0. The van der Waals surface area contributed by atoms with E-state index in [-0.39, 0.29) is 47.6 Å². The monoisotopic (exact) mass is 467 g/mol. The molecule has 2 aromatic heterocycles. The van der Waals surface area contributed by atoms with Gasteiger partial charge in [0, 0.05) is 5.69 Å². The Morgan fingerprint density at radius 1 is 1.33 bits per heavy atom. The van der Waals surface area contributed by atoms with Crippen LogP contribution >= 0.6 is 0 Å². The molecule has 3 heterocycles. The molecule has 13 nitrogen and oxygen atoms in total. The quantitative estimate of drug-likeness (QED) is 0.325. The number of hydrogen-bond donors (Lipinski definition) is 1. The van der Waals surface area contributed by atoms with Gasteiger partial charge in [-0.15, -0.1) is 0 Å². The number of hydrogen-bond acceptors (Lipinski definition) is 10. The number of nitrogens with zero attached hydrogens (tertiary/aromatic N) is 6. The number of hydrazone groups is 1. The van der Waals surface area contributed by atoms with Crippen LogP contribution in [0.1, 0.15) is 33.5 Å². The fraction of sp³-hybridized carbons (Fsp3) is 0.235. The highest BCUT2D eigenvalue weighted by Crippen LogP contribution is 2.37. The molecule has 1 aliphatic rings. The summed E-state index contributed by atoms with van der Waals surface area (Å²) in [6, 6.07) is 3.34. The Hall–Kier alpha value is -4.50. The first-order chi connectivity index (χ1) is 15.6. The first-order valence-electron chi connectivity index (χ1n) is 8.97. The lowest BCUT2D eigenvalue weighted by Crippen LogP contribution is -2.18. The molecule has 0 radical (unpaired) electrons. The first kappa shape index (κ1) is 21.7. The molecule has 3 aromatic rings. The summed E-state index contributed by atoms with van der Waals surface area (Å²) in [5.74, 6) is -1.09. The fourth-order valence-electron chi connectivity index (χ4n) is 2.77. The van der Waals surface area contributed by atoms with Gasteiger partial charge in [0.05, 0.1) is 22.8 Å². The number of benzene rings is 1. The van der Waals surface area contributed by atoms with Crippen molar-refractivity contribution in [1.82, 2.24) is 25.3 Å². The number of aromatic nitrogens is 4. The van der Waals surface area contributed by atoms with Gasteiger partial charge in [-0.2, -0.15) is 28.4 Å². The van der Waals surface area contributed by atoms with E-state index in [4.69, 9.17) is 14.0 Å². The molecule has 1 aliphatic heterocycles. The minimum absolute atomic E-state index is 0.0328. The number of carbonyl (C=O) groups is 1. The number of fused-ring (bicyclic) bond motifs is 1. The summed E-state index contributed by atoms with van der Waals surface area (Å²) in [6.07, 6.45) is -3.59. The highest BCUT2D eigenvalue weighted by molar-refractivity contribution is 5.92. The third-order valence-corrected chi connectivity index (χ3v) is 4.31. The maximum Gasteiger partial charge on any atom is 0.435 e. The first-order valence-corrected chi connectivity index (χ1v) is 8.97. The maximum atomic E-state index is 12.8. The van der Waals surface area contributed by atoms with Gasteiger partial charge < -0.3 is 14.0 Å². The second-order valence-corrected chi connectivity index (χ2v) is 6.56. The number of nitro benzene ring substituents is 1. The third-order valence-electron chi connectivity index (χ3n) is 4.31. The summed E-state index contributed by atoms with van der Waals surface area (Å²) >= 11 is 0. The van der Waals surface area contributed by atoms with Gasteiger partial charge in [0.15, 0.2) is 23.0 Å². The Bertz CT molecular complexity index is 1270.